The first-order chi connectivity index (χ1) is 38.2. The molecule has 2 bridgehead atoms. The number of hydrogen-bond acceptors (Lipinski definition) is 15. The summed E-state index contributed by atoms with van der Waals surface area (Å²) in [7, 11) is 3.42. The van der Waals surface area contributed by atoms with Gasteiger partial charge in [0.25, 0.3) is 5.91 Å². The molecule has 9 rings (SSSR count). The van der Waals surface area contributed by atoms with Crippen molar-refractivity contribution in [2.45, 2.75) is 153 Å². The summed E-state index contributed by atoms with van der Waals surface area (Å²) in [5.74, 6) is 0.380. The number of aromatic nitrogens is 4. The Hall–Kier alpha value is -6.56. The van der Waals surface area contributed by atoms with Gasteiger partial charge in [-0.2, -0.15) is 10.4 Å². The minimum absolute atomic E-state index is 0.00332. The highest BCUT2D eigenvalue weighted by molar-refractivity contribution is 8.14. The molecule has 1 unspecified atom stereocenters. The molecule has 5 aliphatic rings. The average Bonchev–Trinajstić information content (AvgIpc) is 4.50. The van der Waals surface area contributed by atoms with Crippen molar-refractivity contribution in [3.8, 4) is 17.3 Å². The summed E-state index contributed by atoms with van der Waals surface area (Å²) in [5, 5.41) is 22.0. The highest BCUT2D eigenvalue weighted by Gasteiger charge is 2.43. The molecule has 420 valence electrons. The van der Waals surface area contributed by atoms with Crippen LogP contribution >= 0.6 is 11.8 Å². The van der Waals surface area contributed by atoms with Crippen LogP contribution in [0.15, 0.2) is 53.7 Å². The van der Waals surface area contributed by atoms with E-state index < -0.39 is 23.9 Å². The molecule has 0 radical (unpaired) electrons. The number of ketones is 2. The maximum absolute atomic E-state index is 14.8. The van der Waals surface area contributed by atoms with Gasteiger partial charge in [-0.05, 0) is 128 Å². The van der Waals surface area contributed by atoms with Crippen LogP contribution in [0.25, 0.3) is 11.3 Å². The van der Waals surface area contributed by atoms with Gasteiger partial charge in [0.05, 0.1) is 52.9 Å². The number of likely N-dealkylation sites (N-methyl/N-ethyl adjacent to an activating group) is 1. The number of rotatable bonds is 21. The average molecular weight is 1100 g/mol. The highest BCUT2D eigenvalue weighted by atomic mass is 32.2. The number of anilines is 2. The molecular formula is C59H76FN13O5S. The third-order valence-electron chi connectivity index (χ3n) is 16.7. The van der Waals surface area contributed by atoms with Crippen LogP contribution in [0, 0.1) is 30.0 Å². The number of unbranched alkanes of at least 4 members (excludes halogenated alkanes) is 5. The van der Waals surface area contributed by atoms with Crippen LogP contribution in [0.4, 0.5) is 16.0 Å². The van der Waals surface area contributed by atoms with E-state index in [1.807, 2.05) is 41.0 Å². The second kappa shape index (κ2) is 26.1. The fourth-order valence-electron chi connectivity index (χ4n) is 12.1. The third-order valence-corrected chi connectivity index (χ3v) is 17.8. The number of amides is 3. The van der Waals surface area contributed by atoms with Gasteiger partial charge in [0.15, 0.2) is 23.1 Å². The van der Waals surface area contributed by atoms with E-state index >= 15 is 0 Å². The number of hydrogen-bond donors (Lipinski definition) is 3. The summed E-state index contributed by atoms with van der Waals surface area (Å²) in [4.78, 5) is 90.8. The lowest BCUT2D eigenvalue weighted by Crippen LogP contribution is -2.58. The van der Waals surface area contributed by atoms with Crippen molar-refractivity contribution in [1.82, 2.24) is 45.1 Å². The number of likely N-dealkylation sites (tertiary alicyclic amines) is 2. The molecule has 7 heterocycles. The van der Waals surface area contributed by atoms with Gasteiger partial charge < -0.3 is 36.0 Å². The number of Topliss-reactive ketones (excluding diaryl/α,β-unsaturated/α-hetero) is 2. The number of nitrogens with one attached hydrogen (secondary N) is 2. The number of aliphatic imine (C=N–C) groups is 1. The molecule has 3 saturated heterocycles. The largest absolute Gasteiger partial charge is 0.381 e. The molecule has 18 nitrogen and oxygen atoms in total. The van der Waals surface area contributed by atoms with Crippen LogP contribution in [0.1, 0.15) is 153 Å². The topological polar surface area (TPSA) is 228 Å². The van der Waals surface area contributed by atoms with Gasteiger partial charge in [0, 0.05) is 56.4 Å². The van der Waals surface area contributed by atoms with E-state index in [2.05, 4.69) is 31.7 Å². The Bertz CT molecular complexity index is 2950. The van der Waals surface area contributed by atoms with Crippen LogP contribution in [0.3, 0.4) is 0 Å². The van der Waals surface area contributed by atoms with Crippen LogP contribution in [0.2, 0.25) is 0 Å². The molecule has 0 spiro atoms. The van der Waals surface area contributed by atoms with E-state index in [0.29, 0.717) is 90.5 Å². The Morgan fingerprint density at radius 3 is 2.39 bits per heavy atom. The summed E-state index contributed by atoms with van der Waals surface area (Å²) in [6.45, 7) is 8.10. The quantitative estimate of drug-likeness (QED) is 0.0545. The number of thioether (sulfide) groups is 1. The van der Waals surface area contributed by atoms with Crippen molar-refractivity contribution in [3.63, 3.8) is 0 Å². The number of fused-ring (bicyclic) bond motifs is 8. The van der Waals surface area contributed by atoms with E-state index in [4.69, 9.17) is 15.7 Å². The molecule has 5 atom stereocenters. The van der Waals surface area contributed by atoms with Gasteiger partial charge in [-0.15, -0.1) is 11.8 Å². The predicted molar refractivity (Wildman–Crippen MR) is 304 cm³/mol. The van der Waals surface area contributed by atoms with Gasteiger partial charge in [0.1, 0.15) is 29.8 Å². The Morgan fingerprint density at radius 2 is 1.63 bits per heavy atom. The summed E-state index contributed by atoms with van der Waals surface area (Å²) >= 11 is 1.58. The van der Waals surface area contributed by atoms with E-state index in [1.165, 1.54) is 24.4 Å². The monoisotopic (exact) mass is 1100 g/mol. The van der Waals surface area contributed by atoms with Gasteiger partial charge in [-0.25, -0.2) is 14.4 Å². The van der Waals surface area contributed by atoms with Crippen molar-refractivity contribution in [2.24, 2.45) is 10.9 Å². The van der Waals surface area contributed by atoms with E-state index in [-0.39, 0.29) is 65.3 Å². The summed E-state index contributed by atoms with van der Waals surface area (Å²) < 4.78 is 16.5. The summed E-state index contributed by atoms with van der Waals surface area (Å²) in [6.07, 6.45) is 13.6. The second-order valence-electron chi connectivity index (χ2n) is 22.1. The molecule has 3 fully saturated rings. The number of aryl methyl sites for hydroxylation is 2. The van der Waals surface area contributed by atoms with Crippen LogP contribution in [-0.4, -0.2) is 146 Å². The molecule has 3 amide bonds. The van der Waals surface area contributed by atoms with Crippen LogP contribution < -0.4 is 21.3 Å². The number of nitriles is 1. The normalized spacial score (nSPS) is 20.4. The smallest absolute Gasteiger partial charge is 0.254 e. The Balaban J connectivity index is 0.716. The van der Waals surface area contributed by atoms with Gasteiger partial charge in [-0.3, -0.25) is 33.6 Å². The molecule has 0 saturated carbocycles. The maximum Gasteiger partial charge on any atom is 0.254 e. The zero-order valence-electron chi connectivity index (χ0n) is 46.2. The number of benzene rings is 2. The van der Waals surface area contributed by atoms with Crippen LogP contribution in [0.5, 0.6) is 0 Å². The lowest BCUT2D eigenvalue weighted by molar-refractivity contribution is -0.138. The number of nitrogens with zero attached hydrogens (tertiary/aromatic N) is 10. The second-order valence-corrected chi connectivity index (χ2v) is 23.2. The number of nitrogens with two attached hydrogens (primary N) is 1. The summed E-state index contributed by atoms with van der Waals surface area (Å²) in [6, 6.07) is 12.0. The zero-order valence-corrected chi connectivity index (χ0v) is 47.0. The first kappa shape index (κ1) is 57.1. The van der Waals surface area contributed by atoms with Gasteiger partial charge in [0.2, 0.25) is 11.8 Å². The van der Waals surface area contributed by atoms with E-state index in [1.54, 1.807) is 42.4 Å². The fraction of sp³-hybridized carbons (Fsp3) is 0.559. The first-order valence-electron chi connectivity index (χ1n) is 28.5. The fourth-order valence-corrected chi connectivity index (χ4v) is 13.3. The molecule has 2 aromatic heterocycles. The third kappa shape index (κ3) is 13.2. The van der Waals surface area contributed by atoms with Gasteiger partial charge >= 0.3 is 0 Å². The number of carbonyl (C=O) groups excluding carboxylic acids is 5. The molecule has 4 N–H and O–H groups in total. The van der Waals surface area contributed by atoms with Crippen molar-refractivity contribution < 1.29 is 28.4 Å². The minimum Gasteiger partial charge on any atom is -0.381 e. The SMILES string of the molecule is CN[C@H](C)C(=O)N[C@@H](C(=O)N1CCC[C@@H]1C1=NC(C(=O)c2ccc(C)cc2)CS1)C1CCN(CCCCCCCCC(=O)CCCn2nc(C#N)c3c2CN(C)C(=O)c2ccc(F)cc2[C@H]2CCCN2c2nc-3cnc2N)CC1. The highest BCUT2D eigenvalue weighted by Crippen LogP contribution is 2.41. The Labute approximate surface area is 467 Å². The first-order valence-corrected chi connectivity index (χ1v) is 29.5. The van der Waals surface area contributed by atoms with Crippen molar-refractivity contribution >= 4 is 57.7 Å². The predicted octanol–water partition coefficient (Wildman–Crippen LogP) is 7.44. The number of halogens is 1. The molecule has 20 heteroatoms. The maximum atomic E-state index is 14.8. The molecular weight excluding hydrogens is 1020 g/mol. The van der Waals surface area contributed by atoms with Crippen molar-refractivity contribution in [3.05, 3.63) is 88.1 Å². The molecule has 0 aliphatic carbocycles. The Kier molecular flexibility index (Phi) is 18.9. The molecule has 4 aromatic rings. The van der Waals surface area contributed by atoms with Crippen LogP contribution in [-0.2, 0) is 27.5 Å². The van der Waals surface area contributed by atoms with Crippen molar-refractivity contribution in [2.75, 3.05) is 63.2 Å². The molecule has 79 heavy (non-hydrogen) atoms. The molecule has 5 aliphatic heterocycles. The minimum atomic E-state index is -0.637. The van der Waals surface area contributed by atoms with Crippen molar-refractivity contribution in [1.29, 1.82) is 5.26 Å². The van der Waals surface area contributed by atoms with Gasteiger partial charge in [-0.1, -0.05) is 55.5 Å². The zero-order chi connectivity index (χ0) is 55.7. The number of nitrogen functional groups attached to an aromatic ring is 1. The summed E-state index contributed by atoms with van der Waals surface area (Å²) in [5.41, 5.74) is 10.7. The molecule has 2 aromatic carbocycles. The lowest BCUT2D eigenvalue weighted by atomic mass is 9.88. The van der Waals surface area contributed by atoms with E-state index in [0.717, 1.165) is 101 Å². The number of piperidine rings is 1. The standard InChI is InChI=1S/C59H76FN13O5S/c1-37-18-20-40(21-19-37)53(75)47-36-79-57(66-47)49-17-13-28-72(49)59(78)52(67-56(76)38(2)63-3)39-24-30-70(31-25-39)26-10-8-6-5-7-9-14-42(74)15-11-29-73-50-35-69(4)58(77)43-23-22-41(60)32-44(43)48-16-12-27-71(48)55-54(62)64-34-46(65-55)51(50)45(33-61)68-73/h18-23,32,34,38-39,47-49,52,63H,5-17,24-31,35-36H2,1-4H3,(H2,62,64)(H,67,76)/t38-,47?,48-,49-,52-/m1/s1. The Morgan fingerprint density at radius 1 is 0.911 bits per heavy atom. The lowest BCUT2D eigenvalue weighted by Gasteiger charge is -2.38. The number of carbonyl (C=O) groups is 5. The van der Waals surface area contributed by atoms with E-state index in [9.17, 15) is 33.6 Å².